The minimum absolute atomic E-state index is 0.00233. The zero-order valence-electron chi connectivity index (χ0n) is 15.4. The zero-order chi connectivity index (χ0) is 20.5. The number of hydrogen-bond acceptors (Lipinski definition) is 4. The molecular formula is C23H16Cl2O4. The normalized spacial score (nSPS) is 17.0. The molecule has 6 heteroatoms. The van der Waals surface area contributed by atoms with Gasteiger partial charge in [-0.15, -0.1) is 0 Å². The Morgan fingerprint density at radius 1 is 1.00 bits per heavy atom. The maximum atomic E-state index is 13.3. The minimum atomic E-state index is -0.670. The number of carbonyl (C=O) groups is 1. The van der Waals surface area contributed by atoms with E-state index in [0.29, 0.717) is 32.5 Å². The van der Waals surface area contributed by atoms with Crippen molar-refractivity contribution in [1.82, 2.24) is 0 Å². The van der Waals surface area contributed by atoms with Crippen LogP contribution in [-0.2, 0) is 0 Å². The molecule has 0 amide bonds. The summed E-state index contributed by atoms with van der Waals surface area (Å²) in [5, 5.41) is 10.6. The summed E-state index contributed by atoms with van der Waals surface area (Å²) in [5.41, 5.74) is 2.24. The third-order valence-electron chi connectivity index (χ3n) is 4.68. The van der Waals surface area contributed by atoms with Gasteiger partial charge in [0, 0.05) is 5.57 Å². The van der Waals surface area contributed by atoms with Crippen molar-refractivity contribution < 1.29 is 19.4 Å². The summed E-state index contributed by atoms with van der Waals surface area (Å²) < 4.78 is 11.3. The second kappa shape index (κ2) is 7.82. The smallest absolute Gasteiger partial charge is 0.196 e. The first-order valence-electron chi connectivity index (χ1n) is 8.81. The van der Waals surface area contributed by atoms with Gasteiger partial charge in [-0.25, -0.2) is 0 Å². The SMILES string of the molecule is COc1ccc(C=C2C(=O)c3cc(O)ccc3OC2c2ccc(Cl)c(Cl)c2)cc1. The number of hydrogen-bond donors (Lipinski definition) is 1. The lowest BCUT2D eigenvalue weighted by Crippen LogP contribution is -2.23. The molecule has 0 fully saturated rings. The molecule has 1 aliphatic rings. The highest BCUT2D eigenvalue weighted by atomic mass is 35.5. The first kappa shape index (κ1) is 19.4. The number of methoxy groups -OCH3 is 1. The maximum Gasteiger partial charge on any atom is 0.196 e. The van der Waals surface area contributed by atoms with Crippen molar-refractivity contribution in [1.29, 1.82) is 0 Å². The Kier molecular flexibility index (Phi) is 5.22. The lowest BCUT2D eigenvalue weighted by Gasteiger charge is -2.28. The van der Waals surface area contributed by atoms with E-state index >= 15 is 0 Å². The third kappa shape index (κ3) is 3.82. The number of Topliss-reactive ketones (excluding diaryl/α,β-unsaturated/α-hetero) is 1. The van der Waals surface area contributed by atoms with Gasteiger partial charge in [-0.2, -0.15) is 0 Å². The molecule has 1 N–H and O–H groups in total. The van der Waals surface area contributed by atoms with Crippen LogP contribution in [0.25, 0.3) is 6.08 Å². The van der Waals surface area contributed by atoms with E-state index in [1.807, 2.05) is 24.3 Å². The van der Waals surface area contributed by atoms with Gasteiger partial charge in [0.05, 0.1) is 22.7 Å². The molecule has 1 aliphatic heterocycles. The predicted octanol–water partition coefficient (Wildman–Crippen LogP) is 6.11. The molecule has 0 radical (unpaired) electrons. The van der Waals surface area contributed by atoms with Gasteiger partial charge < -0.3 is 14.6 Å². The molecule has 0 aromatic heterocycles. The molecule has 3 aromatic rings. The first-order chi connectivity index (χ1) is 14.0. The number of phenols is 1. The molecule has 29 heavy (non-hydrogen) atoms. The van der Waals surface area contributed by atoms with Crippen molar-refractivity contribution in [2.45, 2.75) is 6.10 Å². The summed E-state index contributed by atoms with van der Waals surface area (Å²) >= 11 is 12.2. The van der Waals surface area contributed by atoms with Gasteiger partial charge in [-0.3, -0.25) is 4.79 Å². The highest BCUT2D eigenvalue weighted by Crippen LogP contribution is 2.41. The second-order valence-electron chi connectivity index (χ2n) is 6.55. The van der Waals surface area contributed by atoms with Crippen molar-refractivity contribution >= 4 is 35.1 Å². The number of rotatable bonds is 3. The van der Waals surface area contributed by atoms with E-state index in [1.54, 1.807) is 37.5 Å². The molecule has 0 bridgehead atoms. The maximum absolute atomic E-state index is 13.3. The van der Waals surface area contributed by atoms with E-state index in [9.17, 15) is 9.90 Å². The van der Waals surface area contributed by atoms with Crippen LogP contribution in [0.3, 0.4) is 0 Å². The fourth-order valence-corrected chi connectivity index (χ4v) is 3.51. The Balaban J connectivity index is 1.85. The summed E-state index contributed by atoms with van der Waals surface area (Å²) in [4.78, 5) is 13.3. The lowest BCUT2D eigenvalue weighted by atomic mass is 9.89. The van der Waals surface area contributed by atoms with Gasteiger partial charge in [0.1, 0.15) is 17.2 Å². The van der Waals surface area contributed by atoms with Crippen LogP contribution < -0.4 is 9.47 Å². The molecule has 146 valence electrons. The van der Waals surface area contributed by atoms with Crippen molar-refractivity contribution in [2.24, 2.45) is 0 Å². The largest absolute Gasteiger partial charge is 0.508 e. The van der Waals surface area contributed by atoms with Crippen molar-refractivity contribution in [3.63, 3.8) is 0 Å². The number of aromatic hydroxyl groups is 1. The number of benzene rings is 3. The molecule has 0 saturated carbocycles. The molecule has 1 unspecified atom stereocenters. The molecular weight excluding hydrogens is 411 g/mol. The van der Waals surface area contributed by atoms with E-state index in [0.717, 1.165) is 11.3 Å². The van der Waals surface area contributed by atoms with Crippen molar-refractivity contribution in [3.05, 3.63) is 93.0 Å². The van der Waals surface area contributed by atoms with Crippen LogP contribution in [0.2, 0.25) is 10.0 Å². The Labute approximate surface area is 177 Å². The number of phenolic OH excluding ortho intramolecular Hbond substituents is 1. The topological polar surface area (TPSA) is 55.8 Å². The van der Waals surface area contributed by atoms with Crippen LogP contribution in [-0.4, -0.2) is 18.0 Å². The zero-order valence-corrected chi connectivity index (χ0v) is 16.9. The number of ketones is 1. The quantitative estimate of drug-likeness (QED) is 0.513. The molecule has 4 rings (SSSR count). The fraction of sp³-hybridized carbons (Fsp3) is 0.0870. The third-order valence-corrected chi connectivity index (χ3v) is 5.42. The van der Waals surface area contributed by atoms with E-state index in [1.165, 1.54) is 12.1 Å². The standard InChI is InChI=1S/C23H16Cl2O4/c1-28-16-6-2-13(3-7-16)10-18-22(27)17-12-15(26)5-9-21(17)29-23(18)14-4-8-19(24)20(25)11-14/h2-12,23,26H,1H3. The summed E-state index contributed by atoms with van der Waals surface area (Å²) in [6.07, 6.45) is 1.10. The first-order valence-corrected chi connectivity index (χ1v) is 9.57. The molecule has 1 heterocycles. The Bertz CT molecular complexity index is 1120. The number of halogens is 2. The fourth-order valence-electron chi connectivity index (χ4n) is 3.21. The molecule has 1 atom stereocenters. The van der Waals surface area contributed by atoms with Crippen LogP contribution in [0.15, 0.2) is 66.2 Å². The van der Waals surface area contributed by atoms with E-state index in [2.05, 4.69) is 0 Å². The van der Waals surface area contributed by atoms with Crippen LogP contribution in [0, 0.1) is 0 Å². The predicted molar refractivity (Wildman–Crippen MR) is 113 cm³/mol. The summed E-state index contributed by atoms with van der Waals surface area (Å²) in [5.74, 6) is 0.886. The average molecular weight is 427 g/mol. The number of carbonyl (C=O) groups excluding carboxylic acids is 1. The highest BCUT2D eigenvalue weighted by Gasteiger charge is 2.33. The molecule has 0 aliphatic carbocycles. The average Bonchev–Trinajstić information content (AvgIpc) is 2.73. The van der Waals surface area contributed by atoms with Gasteiger partial charge in [0.15, 0.2) is 11.9 Å². The van der Waals surface area contributed by atoms with Gasteiger partial charge in [0.25, 0.3) is 0 Å². The number of ether oxygens (including phenoxy) is 2. The van der Waals surface area contributed by atoms with E-state index in [4.69, 9.17) is 32.7 Å². The van der Waals surface area contributed by atoms with Crippen LogP contribution in [0.4, 0.5) is 0 Å². The highest BCUT2D eigenvalue weighted by molar-refractivity contribution is 6.42. The van der Waals surface area contributed by atoms with Crippen LogP contribution in [0.5, 0.6) is 17.2 Å². The molecule has 3 aromatic carbocycles. The summed E-state index contributed by atoms with van der Waals surface area (Å²) in [6.45, 7) is 0. The van der Waals surface area contributed by atoms with Gasteiger partial charge in [-0.05, 0) is 59.7 Å². The Morgan fingerprint density at radius 2 is 1.76 bits per heavy atom. The second-order valence-corrected chi connectivity index (χ2v) is 7.37. The van der Waals surface area contributed by atoms with Crippen molar-refractivity contribution in [3.8, 4) is 17.2 Å². The monoisotopic (exact) mass is 426 g/mol. The summed E-state index contributed by atoms with van der Waals surface area (Å²) in [7, 11) is 1.59. The Hall–Kier alpha value is -2.95. The summed E-state index contributed by atoms with van der Waals surface area (Å²) in [6, 6.07) is 16.9. The van der Waals surface area contributed by atoms with E-state index < -0.39 is 6.10 Å². The lowest BCUT2D eigenvalue weighted by molar-refractivity contribution is 0.0963. The van der Waals surface area contributed by atoms with Crippen LogP contribution >= 0.6 is 23.2 Å². The molecule has 0 spiro atoms. The van der Waals surface area contributed by atoms with Gasteiger partial charge >= 0.3 is 0 Å². The van der Waals surface area contributed by atoms with Crippen molar-refractivity contribution in [2.75, 3.05) is 7.11 Å². The van der Waals surface area contributed by atoms with Gasteiger partial charge in [0.2, 0.25) is 0 Å². The van der Waals surface area contributed by atoms with E-state index in [-0.39, 0.29) is 11.5 Å². The minimum Gasteiger partial charge on any atom is -0.508 e. The van der Waals surface area contributed by atoms with Crippen LogP contribution in [0.1, 0.15) is 27.6 Å². The molecule has 4 nitrogen and oxygen atoms in total. The number of fused-ring (bicyclic) bond motifs is 1. The van der Waals surface area contributed by atoms with Gasteiger partial charge in [-0.1, -0.05) is 41.4 Å². The Morgan fingerprint density at radius 3 is 2.45 bits per heavy atom. The molecule has 0 saturated heterocycles.